The van der Waals surface area contributed by atoms with E-state index in [0.29, 0.717) is 6.04 Å². The van der Waals surface area contributed by atoms with Gasteiger partial charge in [0.15, 0.2) is 0 Å². The maximum absolute atomic E-state index is 5.85. The highest BCUT2D eigenvalue weighted by Gasteiger charge is 2.22. The van der Waals surface area contributed by atoms with E-state index in [1.807, 2.05) is 0 Å². The highest BCUT2D eigenvalue weighted by Crippen LogP contribution is 2.29. The van der Waals surface area contributed by atoms with Gasteiger partial charge in [-0.3, -0.25) is 0 Å². The average molecular weight is 247 g/mol. The molecular weight excluding hydrogens is 222 g/mol. The molecule has 0 heterocycles. The van der Waals surface area contributed by atoms with Crippen LogP contribution in [0.15, 0.2) is 24.3 Å². The van der Waals surface area contributed by atoms with Crippen LogP contribution in [-0.2, 0) is 4.74 Å². The molecule has 1 atom stereocenters. The Bertz CT molecular complexity index is 360. The maximum Gasteiger partial charge on any atom is 0.0661 e. The Morgan fingerprint density at radius 1 is 1.39 bits per heavy atom. The fourth-order valence-corrected chi connectivity index (χ4v) is 2.12. The largest absolute Gasteiger partial charge is 0.379 e. The number of nitrogens with one attached hydrogen (secondary N) is 1. The first-order valence-electron chi connectivity index (χ1n) is 7.17. The van der Waals surface area contributed by atoms with Crippen molar-refractivity contribution in [1.82, 2.24) is 5.32 Å². The lowest BCUT2D eigenvalue weighted by molar-refractivity contribution is 0.103. The fraction of sp³-hybridized carbons (Fsp3) is 0.625. The van der Waals surface area contributed by atoms with Crippen LogP contribution in [0.4, 0.5) is 0 Å². The Hall–Kier alpha value is -0.860. The van der Waals surface area contributed by atoms with Crippen molar-refractivity contribution in [3.05, 3.63) is 35.4 Å². The van der Waals surface area contributed by atoms with Crippen LogP contribution >= 0.6 is 0 Å². The Labute approximate surface area is 111 Å². The van der Waals surface area contributed by atoms with Crippen LogP contribution < -0.4 is 5.32 Å². The monoisotopic (exact) mass is 247 g/mol. The van der Waals surface area contributed by atoms with Gasteiger partial charge in [0.1, 0.15) is 0 Å². The zero-order chi connectivity index (χ0) is 12.8. The van der Waals surface area contributed by atoms with Crippen LogP contribution in [0.3, 0.4) is 0 Å². The normalized spacial score (nSPS) is 16.8. The molecular formula is C16H25NO. The topological polar surface area (TPSA) is 21.3 Å². The SMILES string of the molecule is CCCNC(COCC1CC1)c1cccc(C)c1. The quantitative estimate of drug-likeness (QED) is 0.759. The molecule has 0 radical (unpaired) electrons. The summed E-state index contributed by atoms with van der Waals surface area (Å²) in [5.41, 5.74) is 2.66. The third kappa shape index (κ3) is 4.43. The molecule has 0 spiro atoms. The lowest BCUT2D eigenvalue weighted by atomic mass is 10.0. The van der Waals surface area contributed by atoms with Gasteiger partial charge in [-0.15, -0.1) is 0 Å². The van der Waals surface area contributed by atoms with Crippen molar-refractivity contribution in [2.45, 2.75) is 39.2 Å². The van der Waals surface area contributed by atoms with E-state index < -0.39 is 0 Å². The van der Waals surface area contributed by atoms with Crippen molar-refractivity contribution >= 4 is 0 Å². The van der Waals surface area contributed by atoms with Gasteiger partial charge in [0.2, 0.25) is 0 Å². The second kappa shape index (κ2) is 6.91. The number of hydrogen-bond acceptors (Lipinski definition) is 2. The van der Waals surface area contributed by atoms with Crippen LogP contribution in [0.5, 0.6) is 0 Å². The summed E-state index contributed by atoms with van der Waals surface area (Å²) in [7, 11) is 0. The third-order valence-corrected chi connectivity index (χ3v) is 3.42. The van der Waals surface area contributed by atoms with E-state index in [2.05, 4.69) is 43.4 Å². The lowest BCUT2D eigenvalue weighted by Gasteiger charge is -2.19. The number of hydrogen-bond donors (Lipinski definition) is 1. The van der Waals surface area contributed by atoms with Gasteiger partial charge in [0, 0.05) is 6.61 Å². The fourth-order valence-electron chi connectivity index (χ4n) is 2.12. The predicted molar refractivity (Wildman–Crippen MR) is 75.8 cm³/mol. The molecule has 2 rings (SSSR count). The number of aryl methyl sites for hydroxylation is 1. The average Bonchev–Trinajstić information content (AvgIpc) is 3.17. The zero-order valence-corrected chi connectivity index (χ0v) is 11.6. The van der Waals surface area contributed by atoms with E-state index in [9.17, 15) is 0 Å². The smallest absolute Gasteiger partial charge is 0.0661 e. The van der Waals surface area contributed by atoms with E-state index in [1.165, 1.54) is 24.0 Å². The van der Waals surface area contributed by atoms with Crippen molar-refractivity contribution in [1.29, 1.82) is 0 Å². The molecule has 1 N–H and O–H groups in total. The van der Waals surface area contributed by atoms with Gasteiger partial charge in [-0.2, -0.15) is 0 Å². The van der Waals surface area contributed by atoms with Gasteiger partial charge in [-0.1, -0.05) is 36.8 Å². The molecule has 1 aromatic rings. The molecule has 0 aliphatic heterocycles. The minimum absolute atomic E-state index is 0.337. The Morgan fingerprint density at radius 3 is 2.89 bits per heavy atom. The summed E-state index contributed by atoms with van der Waals surface area (Å²) < 4.78 is 5.85. The standard InChI is InChI=1S/C16H25NO/c1-3-9-17-16(12-18-11-14-7-8-14)15-6-4-5-13(2)10-15/h4-6,10,14,16-17H,3,7-9,11-12H2,1-2H3. The van der Waals surface area contributed by atoms with Crippen LogP contribution in [0, 0.1) is 12.8 Å². The van der Waals surface area contributed by atoms with Crippen LogP contribution in [0.1, 0.15) is 43.4 Å². The molecule has 2 heteroatoms. The minimum Gasteiger partial charge on any atom is -0.379 e. The van der Waals surface area contributed by atoms with Crippen molar-refractivity contribution < 1.29 is 4.74 Å². The highest BCUT2D eigenvalue weighted by atomic mass is 16.5. The van der Waals surface area contributed by atoms with Crippen molar-refractivity contribution in [3.8, 4) is 0 Å². The minimum atomic E-state index is 0.337. The van der Waals surface area contributed by atoms with Crippen molar-refractivity contribution in [2.75, 3.05) is 19.8 Å². The second-order valence-electron chi connectivity index (χ2n) is 5.40. The first kappa shape index (κ1) is 13.6. The maximum atomic E-state index is 5.85. The molecule has 0 saturated heterocycles. The molecule has 1 fully saturated rings. The van der Waals surface area contributed by atoms with Crippen molar-refractivity contribution in [2.24, 2.45) is 5.92 Å². The van der Waals surface area contributed by atoms with E-state index >= 15 is 0 Å². The van der Waals surface area contributed by atoms with E-state index in [-0.39, 0.29) is 0 Å². The first-order chi connectivity index (χ1) is 8.79. The Morgan fingerprint density at radius 2 is 2.22 bits per heavy atom. The van der Waals surface area contributed by atoms with Gasteiger partial charge >= 0.3 is 0 Å². The van der Waals surface area contributed by atoms with E-state index in [0.717, 1.165) is 32.1 Å². The number of rotatable bonds is 8. The Kier molecular flexibility index (Phi) is 5.21. The zero-order valence-electron chi connectivity index (χ0n) is 11.6. The molecule has 0 aromatic heterocycles. The molecule has 0 amide bonds. The van der Waals surface area contributed by atoms with Gasteiger partial charge < -0.3 is 10.1 Å². The summed E-state index contributed by atoms with van der Waals surface area (Å²) in [5.74, 6) is 0.842. The van der Waals surface area contributed by atoms with Gasteiger partial charge in [0.25, 0.3) is 0 Å². The van der Waals surface area contributed by atoms with Crippen LogP contribution in [0.25, 0.3) is 0 Å². The summed E-state index contributed by atoms with van der Waals surface area (Å²) in [5, 5.41) is 3.58. The second-order valence-corrected chi connectivity index (χ2v) is 5.40. The molecule has 0 bridgehead atoms. The lowest BCUT2D eigenvalue weighted by Crippen LogP contribution is -2.26. The third-order valence-electron chi connectivity index (χ3n) is 3.42. The molecule has 1 aliphatic carbocycles. The summed E-state index contributed by atoms with van der Waals surface area (Å²) in [6, 6.07) is 9.07. The van der Waals surface area contributed by atoms with E-state index in [1.54, 1.807) is 0 Å². The molecule has 1 saturated carbocycles. The van der Waals surface area contributed by atoms with Gasteiger partial charge in [-0.05, 0) is 44.2 Å². The molecule has 1 aromatic carbocycles. The van der Waals surface area contributed by atoms with Crippen molar-refractivity contribution in [3.63, 3.8) is 0 Å². The predicted octanol–water partition coefficient (Wildman–Crippen LogP) is 3.46. The molecule has 100 valence electrons. The Balaban J connectivity index is 1.89. The molecule has 2 nitrogen and oxygen atoms in total. The van der Waals surface area contributed by atoms with Gasteiger partial charge in [0.05, 0.1) is 12.6 Å². The van der Waals surface area contributed by atoms with E-state index in [4.69, 9.17) is 4.74 Å². The van der Waals surface area contributed by atoms with Gasteiger partial charge in [-0.25, -0.2) is 0 Å². The first-order valence-corrected chi connectivity index (χ1v) is 7.17. The highest BCUT2D eigenvalue weighted by molar-refractivity contribution is 5.25. The number of benzene rings is 1. The molecule has 1 aliphatic rings. The van der Waals surface area contributed by atoms with Crippen LogP contribution in [0.2, 0.25) is 0 Å². The molecule has 1 unspecified atom stereocenters. The summed E-state index contributed by atoms with van der Waals surface area (Å²) in [4.78, 5) is 0. The number of ether oxygens (including phenoxy) is 1. The summed E-state index contributed by atoms with van der Waals surface area (Å²) >= 11 is 0. The van der Waals surface area contributed by atoms with Crippen LogP contribution in [-0.4, -0.2) is 19.8 Å². The summed E-state index contributed by atoms with van der Waals surface area (Å²) in [6.45, 7) is 7.12. The molecule has 18 heavy (non-hydrogen) atoms. The summed E-state index contributed by atoms with van der Waals surface area (Å²) in [6.07, 6.45) is 3.87.